The van der Waals surface area contributed by atoms with E-state index in [1.54, 1.807) is 0 Å². The second-order valence-electron chi connectivity index (χ2n) is 10.1. The number of nitrogens with zero attached hydrogens (tertiary/aromatic N) is 2. The summed E-state index contributed by atoms with van der Waals surface area (Å²) in [6, 6.07) is 29.7. The highest BCUT2D eigenvalue weighted by atomic mass is 16.5. The molecular weight excluding hydrogens is 444 g/mol. The van der Waals surface area contributed by atoms with Gasteiger partial charge < -0.3 is 9.64 Å². The summed E-state index contributed by atoms with van der Waals surface area (Å²) in [7, 11) is 0. The Morgan fingerprint density at radius 3 is 2.00 bits per heavy atom. The number of piperazine rings is 1. The van der Waals surface area contributed by atoms with E-state index in [4.69, 9.17) is 4.74 Å². The monoisotopic (exact) mass is 484 g/mol. The van der Waals surface area contributed by atoms with Crippen LogP contribution in [0.2, 0.25) is 0 Å². The highest BCUT2D eigenvalue weighted by Gasteiger charge is 2.40. The van der Waals surface area contributed by atoms with Gasteiger partial charge in [0.05, 0.1) is 11.5 Å². The van der Waals surface area contributed by atoms with Crippen LogP contribution < -0.4 is 4.90 Å². The Morgan fingerprint density at radius 1 is 0.833 bits per heavy atom. The largest absolute Gasteiger partial charge is 0.462 e. The van der Waals surface area contributed by atoms with Gasteiger partial charge in [0.1, 0.15) is 0 Å². The first-order valence-corrected chi connectivity index (χ1v) is 13.4. The van der Waals surface area contributed by atoms with Gasteiger partial charge in [-0.25, -0.2) is 0 Å². The molecule has 1 atom stereocenters. The van der Waals surface area contributed by atoms with Crippen molar-refractivity contribution in [2.45, 2.75) is 51.6 Å². The van der Waals surface area contributed by atoms with Crippen LogP contribution in [0.3, 0.4) is 0 Å². The molecule has 190 valence electrons. The van der Waals surface area contributed by atoms with Gasteiger partial charge in [0.2, 0.25) is 0 Å². The quantitative estimate of drug-likeness (QED) is 0.305. The molecule has 0 bridgehead atoms. The summed E-state index contributed by atoms with van der Waals surface area (Å²) in [4.78, 5) is 18.3. The zero-order valence-corrected chi connectivity index (χ0v) is 22.0. The molecule has 0 radical (unpaired) electrons. The van der Waals surface area contributed by atoms with E-state index < -0.39 is 5.41 Å². The minimum absolute atomic E-state index is 0.0880. The standard InChI is InChI=1S/C32H40N2O2/c1-4-32(31(35)36-26(2)3,29-14-9-6-10-15-29)20-11-21-33-22-24-34(25-23-33)30-18-16-28(17-19-30)27-12-7-5-8-13-27/h5-10,12-19,26H,4,11,20-25H2,1-3H3. The third-order valence-electron chi connectivity index (χ3n) is 7.45. The average molecular weight is 485 g/mol. The number of benzene rings is 3. The Hall–Kier alpha value is -3.11. The van der Waals surface area contributed by atoms with Gasteiger partial charge in [-0.2, -0.15) is 0 Å². The molecule has 0 spiro atoms. The van der Waals surface area contributed by atoms with Gasteiger partial charge in [-0.3, -0.25) is 9.69 Å². The molecule has 1 unspecified atom stereocenters. The van der Waals surface area contributed by atoms with Crippen LogP contribution in [0, 0.1) is 0 Å². The zero-order chi connectivity index (χ0) is 25.4. The van der Waals surface area contributed by atoms with Gasteiger partial charge in [0.25, 0.3) is 0 Å². The number of carbonyl (C=O) groups is 1. The molecule has 4 rings (SSSR count). The number of hydrogen-bond donors (Lipinski definition) is 0. The summed E-state index contributed by atoms with van der Waals surface area (Å²) < 4.78 is 5.74. The maximum atomic E-state index is 13.3. The van der Waals surface area contributed by atoms with E-state index >= 15 is 0 Å². The number of rotatable bonds is 10. The lowest BCUT2D eigenvalue weighted by Crippen LogP contribution is -2.47. The van der Waals surface area contributed by atoms with Crippen molar-refractivity contribution in [1.29, 1.82) is 0 Å². The Kier molecular flexibility index (Phi) is 8.82. The lowest BCUT2D eigenvalue weighted by Gasteiger charge is -2.37. The third-order valence-corrected chi connectivity index (χ3v) is 7.45. The normalized spacial score (nSPS) is 16.1. The van der Waals surface area contributed by atoms with Crippen molar-refractivity contribution in [3.63, 3.8) is 0 Å². The van der Waals surface area contributed by atoms with E-state index in [9.17, 15) is 4.79 Å². The van der Waals surface area contributed by atoms with Crippen LogP contribution in [0.1, 0.15) is 45.6 Å². The van der Waals surface area contributed by atoms with Crippen molar-refractivity contribution >= 4 is 11.7 Å². The number of ether oxygens (including phenoxy) is 1. The average Bonchev–Trinajstić information content (AvgIpc) is 2.92. The van der Waals surface area contributed by atoms with Gasteiger partial charge in [-0.1, -0.05) is 79.7 Å². The molecule has 3 aromatic carbocycles. The van der Waals surface area contributed by atoms with Crippen LogP contribution in [-0.2, 0) is 14.9 Å². The number of anilines is 1. The van der Waals surface area contributed by atoms with Gasteiger partial charge in [-0.15, -0.1) is 0 Å². The van der Waals surface area contributed by atoms with Gasteiger partial charge in [-0.05, 0) is 68.5 Å². The fourth-order valence-corrected chi connectivity index (χ4v) is 5.30. The predicted octanol–water partition coefficient (Wildman–Crippen LogP) is 6.56. The highest BCUT2D eigenvalue weighted by molar-refractivity contribution is 5.83. The first kappa shape index (κ1) is 26.0. The predicted molar refractivity (Wildman–Crippen MR) is 149 cm³/mol. The number of carbonyl (C=O) groups excluding carboxylic acids is 1. The summed E-state index contributed by atoms with van der Waals surface area (Å²) in [6.45, 7) is 11.1. The molecule has 4 nitrogen and oxygen atoms in total. The third kappa shape index (κ3) is 6.17. The van der Waals surface area contributed by atoms with E-state index in [2.05, 4.69) is 83.5 Å². The summed E-state index contributed by atoms with van der Waals surface area (Å²) in [5.74, 6) is -0.0880. The van der Waals surface area contributed by atoms with E-state index in [1.165, 1.54) is 16.8 Å². The molecule has 3 aromatic rings. The SMILES string of the molecule is CCC(CCCN1CCN(c2ccc(-c3ccccc3)cc2)CC1)(C(=O)OC(C)C)c1ccccc1. The van der Waals surface area contributed by atoms with Crippen LogP contribution in [-0.4, -0.2) is 49.7 Å². The minimum atomic E-state index is -0.576. The van der Waals surface area contributed by atoms with E-state index in [0.717, 1.165) is 57.5 Å². The van der Waals surface area contributed by atoms with Crippen molar-refractivity contribution in [2.24, 2.45) is 0 Å². The fourth-order valence-electron chi connectivity index (χ4n) is 5.30. The first-order valence-electron chi connectivity index (χ1n) is 13.4. The van der Waals surface area contributed by atoms with Crippen molar-refractivity contribution in [1.82, 2.24) is 4.90 Å². The van der Waals surface area contributed by atoms with E-state index in [0.29, 0.717) is 0 Å². The molecule has 36 heavy (non-hydrogen) atoms. The van der Waals surface area contributed by atoms with Crippen LogP contribution in [0.15, 0.2) is 84.9 Å². The molecule has 1 aliphatic rings. The molecule has 4 heteroatoms. The molecule has 1 heterocycles. The van der Waals surface area contributed by atoms with Gasteiger partial charge >= 0.3 is 5.97 Å². The molecule has 0 N–H and O–H groups in total. The fraction of sp³-hybridized carbons (Fsp3) is 0.406. The second-order valence-corrected chi connectivity index (χ2v) is 10.1. The van der Waals surface area contributed by atoms with Crippen LogP contribution in [0.5, 0.6) is 0 Å². The first-order chi connectivity index (χ1) is 17.5. The number of hydrogen-bond acceptors (Lipinski definition) is 4. The van der Waals surface area contributed by atoms with Crippen LogP contribution in [0.4, 0.5) is 5.69 Å². The van der Waals surface area contributed by atoms with Crippen molar-refractivity contribution in [3.05, 3.63) is 90.5 Å². The highest BCUT2D eigenvalue weighted by Crippen LogP contribution is 2.35. The lowest BCUT2D eigenvalue weighted by molar-refractivity contribution is -0.155. The van der Waals surface area contributed by atoms with Gasteiger partial charge in [0, 0.05) is 31.9 Å². The maximum Gasteiger partial charge on any atom is 0.316 e. The maximum absolute atomic E-state index is 13.3. The molecule has 1 saturated heterocycles. The molecule has 0 aliphatic carbocycles. The van der Waals surface area contributed by atoms with Crippen LogP contribution >= 0.6 is 0 Å². The van der Waals surface area contributed by atoms with Crippen molar-refractivity contribution in [2.75, 3.05) is 37.6 Å². The summed E-state index contributed by atoms with van der Waals surface area (Å²) >= 11 is 0. The molecule has 0 amide bonds. The van der Waals surface area contributed by atoms with E-state index in [1.807, 2.05) is 32.0 Å². The lowest BCUT2D eigenvalue weighted by atomic mass is 9.74. The molecular formula is C32H40N2O2. The topological polar surface area (TPSA) is 32.8 Å². The summed E-state index contributed by atoms with van der Waals surface area (Å²) in [5, 5.41) is 0. The molecule has 0 saturated carbocycles. The van der Waals surface area contributed by atoms with E-state index in [-0.39, 0.29) is 12.1 Å². The van der Waals surface area contributed by atoms with Crippen molar-refractivity contribution in [3.8, 4) is 11.1 Å². The van der Waals surface area contributed by atoms with Gasteiger partial charge in [0.15, 0.2) is 0 Å². The molecule has 1 aliphatic heterocycles. The molecule has 1 fully saturated rings. The second kappa shape index (κ2) is 12.2. The Labute approximate surface area is 216 Å². The summed E-state index contributed by atoms with van der Waals surface area (Å²) in [6.07, 6.45) is 2.42. The smallest absolute Gasteiger partial charge is 0.316 e. The minimum Gasteiger partial charge on any atom is -0.462 e. The number of esters is 1. The Balaban J connectivity index is 1.32. The molecule has 0 aromatic heterocycles. The Bertz CT molecular complexity index is 1070. The van der Waals surface area contributed by atoms with Crippen molar-refractivity contribution < 1.29 is 9.53 Å². The zero-order valence-electron chi connectivity index (χ0n) is 22.0. The summed E-state index contributed by atoms with van der Waals surface area (Å²) in [5.41, 5.74) is 4.30. The Morgan fingerprint density at radius 2 is 1.42 bits per heavy atom. The van der Waals surface area contributed by atoms with Crippen LogP contribution in [0.25, 0.3) is 11.1 Å².